The van der Waals surface area contributed by atoms with Crippen LogP contribution in [0.25, 0.3) is 0 Å². The highest BCUT2D eigenvalue weighted by Gasteiger charge is 2.09. The summed E-state index contributed by atoms with van der Waals surface area (Å²) < 4.78 is 10.1. The molecule has 0 heterocycles. The first-order chi connectivity index (χ1) is 8.56. The average Bonchev–Trinajstić information content (AvgIpc) is 2.37. The highest BCUT2D eigenvalue weighted by molar-refractivity contribution is 5.95. The number of amides is 1. The Morgan fingerprint density at radius 3 is 2.17 bits per heavy atom. The third kappa shape index (κ3) is 3.97. The van der Waals surface area contributed by atoms with Gasteiger partial charge in [-0.3, -0.25) is 9.59 Å². The van der Waals surface area contributed by atoms with Crippen LogP contribution in [0.4, 0.5) is 0 Å². The van der Waals surface area contributed by atoms with Crippen molar-refractivity contribution in [3.63, 3.8) is 0 Å². The van der Waals surface area contributed by atoms with E-state index < -0.39 is 5.97 Å². The van der Waals surface area contributed by atoms with E-state index in [4.69, 9.17) is 14.6 Å². The molecule has 1 amide bonds. The van der Waals surface area contributed by atoms with Crippen LogP contribution < -0.4 is 14.8 Å². The smallest absolute Gasteiger partial charge is 0.305 e. The average molecular weight is 253 g/mol. The summed E-state index contributed by atoms with van der Waals surface area (Å²) in [5.74, 6) is -0.331. The van der Waals surface area contributed by atoms with Gasteiger partial charge in [0.2, 0.25) is 0 Å². The monoisotopic (exact) mass is 253 g/mol. The number of benzene rings is 1. The van der Waals surface area contributed by atoms with Crippen LogP contribution in [0.15, 0.2) is 18.2 Å². The van der Waals surface area contributed by atoms with Crippen LogP contribution in [0.5, 0.6) is 11.5 Å². The fraction of sp³-hybridized carbons (Fsp3) is 0.333. The van der Waals surface area contributed by atoms with Crippen LogP contribution >= 0.6 is 0 Å². The molecule has 0 saturated carbocycles. The quantitative estimate of drug-likeness (QED) is 0.787. The van der Waals surface area contributed by atoms with E-state index in [9.17, 15) is 9.59 Å². The van der Waals surface area contributed by atoms with E-state index in [0.29, 0.717) is 17.1 Å². The van der Waals surface area contributed by atoms with E-state index in [0.717, 1.165) is 0 Å². The predicted octanol–water partition coefficient (Wildman–Crippen LogP) is 0.908. The van der Waals surface area contributed by atoms with Crippen LogP contribution in [0.3, 0.4) is 0 Å². The number of methoxy groups -OCH3 is 2. The number of ether oxygens (including phenoxy) is 2. The second-order valence-electron chi connectivity index (χ2n) is 3.50. The molecule has 0 aliphatic carbocycles. The van der Waals surface area contributed by atoms with Crippen LogP contribution in [0.2, 0.25) is 0 Å². The summed E-state index contributed by atoms with van der Waals surface area (Å²) in [6, 6.07) is 4.76. The van der Waals surface area contributed by atoms with Crippen molar-refractivity contribution in [3.05, 3.63) is 23.8 Å². The molecule has 6 nitrogen and oxygen atoms in total. The topological polar surface area (TPSA) is 84.9 Å². The van der Waals surface area contributed by atoms with Gasteiger partial charge in [0.05, 0.1) is 20.6 Å². The Morgan fingerprint density at radius 1 is 1.17 bits per heavy atom. The zero-order valence-electron chi connectivity index (χ0n) is 10.2. The highest BCUT2D eigenvalue weighted by Crippen LogP contribution is 2.22. The summed E-state index contributed by atoms with van der Waals surface area (Å²) >= 11 is 0. The molecule has 0 fully saturated rings. The first-order valence-electron chi connectivity index (χ1n) is 5.30. The second-order valence-corrected chi connectivity index (χ2v) is 3.50. The first-order valence-corrected chi connectivity index (χ1v) is 5.30. The number of hydrogen-bond acceptors (Lipinski definition) is 4. The lowest BCUT2D eigenvalue weighted by Crippen LogP contribution is -2.26. The van der Waals surface area contributed by atoms with Gasteiger partial charge in [-0.05, 0) is 12.1 Å². The summed E-state index contributed by atoms with van der Waals surface area (Å²) in [5, 5.41) is 11.0. The molecule has 2 N–H and O–H groups in total. The van der Waals surface area contributed by atoms with Gasteiger partial charge in [-0.2, -0.15) is 0 Å². The Bertz CT molecular complexity index is 422. The molecule has 1 rings (SSSR count). The summed E-state index contributed by atoms with van der Waals surface area (Å²) in [7, 11) is 2.97. The molecule has 0 aliphatic heterocycles. The third-order valence-corrected chi connectivity index (χ3v) is 2.24. The lowest BCUT2D eigenvalue weighted by Gasteiger charge is -2.08. The molecular weight excluding hydrogens is 238 g/mol. The lowest BCUT2D eigenvalue weighted by molar-refractivity contribution is -0.136. The van der Waals surface area contributed by atoms with Crippen molar-refractivity contribution < 1.29 is 24.2 Å². The lowest BCUT2D eigenvalue weighted by atomic mass is 10.2. The molecule has 6 heteroatoms. The van der Waals surface area contributed by atoms with Crippen molar-refractivity contribution in [2.24, 2.45) is 0 Å². The van der Waals surface area contributed by atoms with Crippen molar-refractivity contribution in [2.45, 2.75) is 6.42 Å². The van der Waals surface area contributed by atoms with E-state index in [1.165, 1.54) is 14.2 Å². The number of carboxylic acids is 1. The summed E-state index contributed by atoms with van der Waals surface area (Å²) in [4.78, 5) is 22.1. The molecular formula is C12H15NO5. The molecule has 0 bridgehead atoms. The molecule has 1 aromatic carbocycles. The fourth-order valence-electron chi connectivity index (χ4n) is 1.32. The van der Waals surface area contributed by atoms with Crippen molar-refractivity contribution in [3.8, 4) is 11.5 Å². The number of nitrogens with one attached hydrogen (secondary N) is 1. The number of carbonyl (C=O) groups is 2. The van der Waals surface area contributed by atoms with Gasteiger partial charge >= 0.3 is 5.97 Å². The van der Waals surface area contributed by atoms with Crippen LogP contribution in [-0.4, -0.2) is 37.7 Å². The van der Waals surface area contributed by atoms with Gasteiger partial charge in [-0.15, -0.1) is 0 Å². The maximum atomic E-state index is 11.7. The minimum absolute atomic E-state index is 0.0771. The molecule has 0 aliphatic rings. The van der Waals surface area contributed by atoms with Gasteiger partial charge in [0, 0.05) is 18.2 Å². The van der Waals surface area contributed by atoms with Gasteiger partial charge in [-0.1, -0.05) is 0 Å². The van der Waals surface area contributed by atoms with Crippen LogP contribution in [-0.2, 0) is 4.79 Å². The van der Waals surface area contributed by atoms with Crippen molar-refractivity contribution in [1.29, 1.82) is 0 Å². The van der Waals surface area contributed by atoms with Gasteiger partial charge < -0.3 is 19.9 Å². The zero-order chi connectivity index (χ0) is 13.5. The highest BCUT2D eigenvalue weighted by atomic mass is 16.5. The summed E-state index contributed by atoms with van der Waals surface area (Å²) in [5.41, 5.74) is 0.358. The molecule has 0 atom stereocenters. The van der Waals surface area contributed by atoms with Crippen LogP contribution in [0.1, 0.15) is 16.8 Å². The second kappa shape index (κ2) is 6.48. The Balaban J connectivity index is 2.75. The Kier molecular flexibility index (Phi) is 4.98. The van der Waals surface area contributed by atoms with Gasteiger partial charge in [-0.25, -0.2) is 0 Å². The molecule has 0 radical (unpaired) electrons. The predicted molar refractivity (Wildman–Crippen MR) is 64.1 cm³/mol. The SMILES string of the molecule is COc1cc(OC)cc(C(=O)NCCC(=O)O)c1. The molecule has 0 aromatic heterocycles. The Morgan fingerprint density at radius 2 is 1.72 bits per heavy atom. The Hall–Kier alpha value is -2.24. The maximum absolute atomic E-state index is 11.7. The molecule has 0 spiro atoms. The number of rotatable bonds is 6. The van der Waals surface area contributed by atoms with E-state index >= 15 is 0 Å². The van der Waals surface area contributed by atoms with Crippen molar-refractivity contribution in [1.82, 2.24) is 5.32 Å². The van der Waals surface area contributed by atoms with Gasteiger partial charge in [0.25, 0.3) is 5.91 Å². The molecule has 18 heavy (non-hydrogen) atoms. The number of carbonyl (C=O) groups excluding carboxylic acids is 1. The Labute approximate surface area is 105 Å². The van der Waals surface area contributed by atoms with E-state index in [1.807, 2.05) is 0 Å². The standard InChI is InChI=1S/C12H15NO5/c1-17-9-5-8(6-10(7-9)18-2)12(16)13-4-3-11(14)15/h5-7H,3-4H2,1-2H3,(H,13,16)(H,14,15). The van der Waals surface area contributed by atoms with Gasteiger partial charge in [0.1, 0.15) is 11.5 Å². The normalized spacial score (nSPS) is 9.67. The number of aliphatic carboxylic acids is 1. The van der Waals surface area contributed by atoms with Crippen molar-refractivity contribution >= 4 is 11.9 Å². The van der Waals surface area contributed by atoms with E-state index in [1.54, 1.807) is 18.2 Å². The molecule has 0 unspecified atom stereocenters. The minimum Gasteiger partial charge on any atom is -0.497 e. The van der Waals surface area contributed by atoms with E-state index in [2.05, 4.69) is 5.32 Å². The zero-order valence-corrected chi connectivity index (χ0v) is 10.2. The summed E-state index contributed by atoms with van der Waals surface area (Å²) in [6.07, 6.45) is -0.118. The first kappa shape index (κ1) is 13.8. The minimum atomic E-state index is -0.960. The van der Waals surface area contributed by atoms with E-state index in [-0.39, 0.29) is 18.9 Å². The maximum Gasteiger partial charge on any atom is 0.305 e. The molecule has 1 aromatic rings. The molecule has 0 saturated heterocycles. The number of hydrogen-bond donors (Lipinski definition) is 2. The molecule has 98 valence electrons. The number of carboxylic acid groups (broad SMARTS) is 1. The summed E-state index contributed by atoms with van der Waals surface area (Å²) in [6.45, 7) is 0.0771. The fourth-order valence-corrected chi connectivity index (χ4v) is 1.32. The van der Waals surface area contributed by atoms with Gasteiger partial charge in [0.15, 0.2) is 0 Å². The van der Waals surface area contributed by atoms with Crippen LogP contribution in [0, 0.1) is 0 Å². The largest absolute Gasteiger partial charge is 0.497 e. The van der Waals surface area contributed by atoms with Crippen molar-refractivity contribution in [2.75, 3.05) is 20.8 Å². The third-order valence-electron chi connectivity index (χ3n) is 2.24.